The molecule has 0 saturated carbocycles. The predicted molar refractivity (Wildman–Crippen MR) is 113 cm³/mol. The Labute approximate surface area is 186 Å². The molecular formula is C20H29F3N4O4S. The molecule has 32 heavy (non-hydrogen) atoms. The van der Waals surface area contributed by atoms with Crippen molar-refractivity contribution in [2.24, 2.45) is 0 Å². The molecule has 1 aromatic carbocycles. The smallest absolute Gasteiger partial charge is 0.406 e. The summed E-state index contributed by atoms with van der Waals surface area (Å²) >= 11 is 0. The maximum Gasteiger partial charge on any atom is 0.573 e. The first-order valence-electron chi connectivity index (χ1n) is 10.7. The number of hydrogen-bond acceptors (Lipinski definition) is 5. The van der Waals surface area contributed by atoms with Crippen LogP contribution in [-0.4, -0.2) is 79.5 Å². The highest BCUT2D eigenvalue weighted by Crippen LogP contribution is 2.24. The van der Waals surface area contributed by atoms with Gasteiger partial charge in [-0.3, -0.25) is 9.69 Å². The van der Waals surface area contributed by atoms with E-state index in [9.17, 15) is 26.4 Å². The summed E-state index contributed by atoms with van der Waals surface area (Å²) in [5.74, 6) is -0.691. The highest BCUT2D eigenvalue weighted by atomic mass is 32.2. The highest BCUT2D eigenvalue weighted by molar-refractivity contribution is 7.86. The average molecular weight is 479 g/mol. The fraction of sp³-hybridized carbons (Fsp3) is 0.650. The maximum atomic E-state index is 12.9. The van der Waals surface area contributed by atoms with Crippen LogP contribution in [0.5, 0.6) is 5.75 Å². The molecule has 12 heteroatoms. The van der Waals surface area contributed by atoms with Crippen molar-refractivity contribution >= 4 is 21.8 Å². The Kier molecular flexibility index (Phi) is 8.01. The van der Waals surface area contributed by atoms with E-state index < -0.39 is 22.6 Å². The Morgan fingerprint density at radius 3 is 2.00 bits per heavy atom. The molecule has 2 aliphatic heterocycles. The molecule has 2 heterocycles. The molecule has 2 aliphatic rings. The van der Waals surface area contributed by atoms with Crippen LogP contribution in [0, 0.1) is 0 Å². The third-order valence-electron chi connectivity index (χ3n) is 5.77. The third kappa shape index (κ3) is 6.56. The lowest BCUT2D eigenvalue weighted by molar-refractivity contribution is -0.274. The van der Waals surface area contributed by atoms with Gasteiger partial charge in [-0.2, -0.15) is 17.0 Å². The van der Waals surface area contributed by atoms with Crippen molar-refractivity contribution in [2.45, 2.75) is 45.0 Å². The first-order chi connectivity index (χ1) is 15.1. The minimum Gasteiger partial charge on any atom is -0.406 e. The van der Waals surface area contributed by atoms with Gasteiger partial charge in [0.1, 0.15) is 5.75 Å². The summed E-state index contributed by atoms with van der Waals surface area (Å²) < 4.78 is 69.5. The lowest BCUT2D eigenvalue weighted by atomic mass is 10.2. The number of alkyl halides is 3. The van der Waals surface area contributed by atoms with Crippen molar-refractivity contribution < 1.29 is 31.1 Å². The summed E-state index contributed by atoms with van der Waals surface area (Å²) in [5.41, 5.74) is 0.346. The molecule has 8 nitrogen and oxygen atoms in total. The number of halogens is 3. The lowest BCUT2D eigenvalue weighted by Crippen LogP contribution is -2.56. The molecule has 1 amide bonds. The van der Waals surface area contributed by atoms with E-state index in [1.807, 2.05) is 4.90 Å². The van der Waals surface area contributed by atoms with E-state index in [1.54, 1.807) is 11.2 Å². The molecule has 1 N–H and O–H groups in total. The zero-order valence-corrected chi connectivity index (χ0v) is 18.8. The third-order valence-corrected chi connectivity index (χ3v) is 7.81. The molecule has 2 fully saturated rings. The van der Waals surface area contributed by atoms with Crippen LogP contribution in [0.4, 0.5) is 18.9 Å². The van der Waals surface area contributed by atoms with Crippen molar-refractivity contribution in [2.75, 3.05) is 44.6 Å². The summed E-state index contributed by atoms with van der Waals surface area (Å²) in [4.78, 5) is 14.5. The Hall–Kier alpha value is -1.89. The monoisotopic (exact) mass is 478 g/mol. The second-order valence-corrected chi connectivity index (χ2v) is 9.92. The standard InChI is InChI=1S/C20H29F3N4O4S/c1-16(19(28)24-17-6-8-18(9-7-17)31-20(21,22)23)25-12-14-27(15-13-25)32(29,30)26-10-4-2-3-5-11-26/h6-9,16H,2-5,10-15H2,1H3,(H,24,28). The van der Waals surface area contributed by atoms with E-state index >= 15 is 0 Å². The number of carbonyl (C=O) groups is 1. The summed E-state index contributed by atoms with van der Waals surface area (Å²) in [6.07, 6.45) is -0.934. The molecule has 0 radical (unpaired) electrons. The van der Waals surface area contributed by atoms with Crippen molar-refractivity contribution in [1.82, 2.24) is 13.5 Å². The van der Waals surface area contributed by atoms with Gasteiger partial charge in [-0.05, 0) is 44.0 Å². The molecule has 2 saturated heterocycles. The molecule has 180 valence electrons. The van der Waals surface area contributed by atoms with Gasteiger partial charge in [-0.15, -0.1) is 13.2 Å². The van der Waals surface area contributed by atoms with Gasteiger partial charge in [0.05, 0.1) is 6.04 Å². The topological polar surface area (TPSA) is 82.2 Å². The Bertz CT molecular complexity index is 864. The Morgan fingerprint density at radius 1 is 0.938 bits per heavy atom. The van der Waals surface area contributed by atoms with Gasteiger partial charge in [0.2, 0.25) is 5.91 Å². The number of piperazine rings is 1. The highest BCUT2D eigenvalue weighted by Gasteiger charge is 2.35. The molecular weight excluding hydrogens is 449 g/mol. The first-order valence-corrected chi connectivity index (χ1v) is 12.1. The molecule has 0 spiro atoms. The van der Waals surface area contributed by atoms with Crippen molar-refractivity contribution in [3.8, 4) is 5.75 Å². The first kappa shape index (κ1) is 24.7. The molecule has 0 aliphatic carbocycles. The van der Waals surface area contributed by atoms with Crippen LogP contribution in [0.15, 0.2) is 24.3 Å². The van der Waals surface area contributed by atoms with E-state index in [-0.39, 0.29) is 11.7 Å². The van der Waals surface area contributed by atoms with Gasteiger partial charge >= 0.3 is 6.36 Å². The molecule has 0 aromatic heterocycles. The van der Waals surface area contributed by atoms with Crippen molar-refractivity contribution in [3.63, 3.8) is 0 Å². The second kappa shape index (κ2) is 10.4. The molecule has 0 bridgehead atoms. The van der Waals surface area contributed by atoms with Crippen molar-refractivity contribution in [1.29, 1.82) is 0 Å². The van der Waals surface area contributed by atoms with Crippen molar-refractivity contribution in [3.05, 3.63) is 24.3 Å². The SMILES string of the molecule is CC(C(=O)Nc1ccc(OC(F)(F)F)cc1)N1CCN(S(=O)(=O)N2CCCCCC2)CC1. The number of carbonyl (C=O) groups excluding carboxylic acids is 1. The lowest BCUT2D eigenvalue weighted by Gasteiger charge is -2.38. The molecule has 3 rings (SSSR count). The van der Waals surface area contributed by atoms with E-state index in [0.29, 0.717) is 45.0 Å². The van der Waals surface area contributed by atoms with Crippen LogP contribution in [0.25, 0.3) is 0 Å². The number of benzene rings is 1. The van der Waals surface area contributed by atoms with Gasteiger partial charge in [0.25, 0.3) is 10.2 Å². The molecule has 1 unspecified atom stereocenters. The van der Waals surface area contributed by atoms with Gasteiger partial charge in [0.15, 0.2) is 0 Å². The van der Waals surface area contributed by atoms with Gasteiger partial charge < -0.3 is 10.1 Å². The van der Waals surface area contributed by atoms with Crippen LogP contribution in [-0.2, 0) is 15.0 Å². The van der Waals surface area contributed by atoms with Crippen LogP contribution >= 0.6 is 0 Å². The largest absolute Gasteiger partial charge is 0.573 e. The number of ether oxygens (including phenoxy) is 1. The van der Waals surface area contributed by atoms with E-state index in [4.69, 9.17) is 0 Å². The normalized spacial score (nSPS) is 21.0. The van der Waals surface area contributed by atoms with Crippen LogP contribution in [0.1, 0.15) is 32.6 Å². The summed E-state index contributed by atoms with van der Waals surface area (Å²) in [7, 11) is -3.50. The maximum absolute atomic E-state index is 12.9. The number of nitrogens with zero attached hydrogens (tertiary/aromatic N) is 3. The average Bonchev–Trinajstić information content (AvgIpc) is 3.04. The zero-order valence-electron chi connectivity index (χ0n) is 18.0. The minimum atomic E-state index is -4.78. The summed E-state index contributed by atoms with van der Waals surface area (Å²) in [6, 6.07) is 4.39. The quantitative estimate of drug-likeness (QED) is 0.680. The Morgan fingerprint density at radius 2 is 1.47 bits per heavy atom. The van der Waals surface area contributed by atoms with E-state index in [2.05, 4.69) is 10.1 Å². The van der Waals surface area contributed by atoms with Gasteiger partial charge in [-0.25, -0.2) is 0 Å². The molecule has 1 aromatic rings. The minimum absolute atomic E-state index is 0.305. The number of anilines is 1. The van der Waals surface area contributed by atoms with Gasteiger partial charge in [0, 0.05) is 45.0 Å². The number of amides is 1. The summed E-state index contributed by atoms with van der Waals surface area (Å²) in [6.45, 7) is 4.26. The number of hydrogen-bond donors (Lipinski definition) is 1. The molecule has 1 atom stereocenters. The van der Waals surface area contributed by atoms with E-state index in [0.717, 1.165) is 37.8 Å². The second-order valence-electron chi connectivity index (χ2n) is 7.99. The predicted octanol–water partition coefficient (Wildman–Crippen LogP) is 2.65. The van der Waals surface area contributed by atoms with Crippen LogP contribution < -0.4 is 10.1 Å². The Balaban J connectivity index is 1.51. The van der Waals surface area contributed by atoms with E-state index in [1.165, 1.54) is 16.4 Å². The number of nitrogens with one attached hydrogen (secondary N) is 1. The number of rotatable bonds is 6. The fourth-order valence-electron chi connectivity index (χ4n) is 3.91. The zero-order chi connectivity index (χ0) is 23.4. The summed E-state index contributed by atoms with van der Waals surface area (Å²) in [5, 5.41) is 2.67. The fourth-order valence-corrected chi connectivity index (χ4v) is 5.58. The van der Waals surface area contributed by atoms with Crippen LogP contribution in [0.3, 0.4) is 0 Å². The van der Waals surface area contributed by atoms with Crippen LogP contribution in [0.2, 0.25) is 0 Å². The van der Waals surface area contributed by atoms with Gasteiger partial charge in [-0.1, -0.05) is 12.8 Å².